The molecule has 0 N–H and O–H groups in total. The first kappa shape index (κ1) is 28.7. The first-order valence-electron chi connectivity index (χ1n) is 11.3. The zero-order chi connectivity index (χ0) is 24.8. The maximum Gasteiger partial charge on any atom is 0.261 e. The van der Waals surface area contributed by atoms with Crippen molar-refractivity contribution < 1.29 is 19.2 Å². The molecule has 4 amide bonds. The smallest absolute Gasteiger partial charge is 0.261 e. The quantitative estimate of drug-likeness (QED) is 0.534. The summed E-state index contributed by atoms with van der Waals surface area (Å²) >= 11 is 0. The summed E-state index contributed by atoms with van der Waals surface area (Å²) in [5, 5.41) is 0. The van der Waals surface area contributed by atoms with Crippen LogP contribution < -0.4 is 0 Å². The Kier molecular flexibility index (Phi) is 13.2. The molecule has 0 bridgehead atoms. The van der Waals surface area contributed by atoms with Gasteiger partial charge in [0.1, 0.15) is 0 Å². The first-order chi connectivity index (χ1) is 15.4. The molecule has 2 aliphatic rings. The van der Waals surface area contributed by atoms with Crippen molar-refractivity contribution in [1.82, 2.24) is 9.80 Å². The van der Waals surface area contributed by atoms with E-state index in [4.69, 9.17) is 0 Å². The number of rotatable bonds is 1. The van der Waals surface area contributed by atoms with E-state index < -0.39 is 0 Å². The highest BCUT2D eigenvalue weighted by molar-refractivity contribution is 6.21. The fourth-order valence-electron chi connectivity index (χ4n) is 2.84. The number of fused-ring (bicyclic) bond motifs is 2. The van der Waals surface area contributed by atoms with Gasteiger partial charge in [-0.15, -0.1) is 0 Å². The molecule has 6 heteroatoms. The van der Waals surface area contributed by atoms with Crippen LogP contribution >= 0.6 is 0 Å². The summed E-state index contributed by atoms with van der Waals surface area (Å²) in [6, 6.07) is 13.7. The fourth-order valence-corrected chi connectivity index (χ4v) is 2.84. The van der Waals surface area contributed by atoms with Crippen LogP contribution in [0.3, 0.4) is 0 Å². The second-order valence-corrected chi connectivity index (χ2v) is 6.32. The summed E-state index contributed by atoms with van der Waals surface area (Å²) in [6.07, 6.45) is 1.25. The minimum absolute atomic E-state index is 0.178. The second kappa shape index (κ2) is 14.7. The average molecular weight is 441 g/mol. The number of amides is 4. The van der Waals surface area contributed by atoms with Gasteiger partial charge in [0.15, 0.2) is 0 Å². The Bertz CT molecular complexity index is 852. The Labute approximate surface area is 192 Å². The Morgan fingerprint density at radius 1 is 0.562 bits per heavy atom. The molecule has 6 nitrogen and oxygen atoms in total. The standard InChI is InChI=1S/C10H9NO2.C9H7NO2.C3H8.2C2H6/c1-2-11-9(12)7-5-3-4-6-8(7)10(11)13;1-10-8(11)6-4-2-3-5-7(6)9(10)12;1-3-2;2*1-2/h3-6H,2H2,1H3;2-5H,1H3;3H2,1-2H3;2*1-2H3. The molecule has 2 heterocycles. The van der Waals surface area contributed by atoms with Crippen LogP contribution in [0.25, 0.3) is 0 Å². The Morgan fingerprint density at radius 2 is 0.812 bits per heavy atom. The topological polar surface area (TPSA) is 74.8 Å². The maximum absolute atomic E-state index is 11.5. The van der Waals surface area contributed by atoms with Gasteiger partial charge < -0.3 is 0 Å². The van der Waals surface area contributed by atoms with E-state index in [9.17, 15) is 19.2 Å². The molecular weight excluding hydrogens is 404 g/mol. The number of imide groups is 2. The zero-order valence-electron chi connectivity index (χ0n) is 20.6. The predicted molar refractivity (Wildman–Crippen MR) is 129 cm³/mol. The van der Waals surface area contributed by atoms with Crippen molar-refractivity contribution in [2.24, 2.45) is 0 Å². The van der Waals surface area contributed by atoms with Gasteiger partial charge in [-0.3, -0.25) is 29.0 Å². The average Bonchev–Trinajstić information content (AvgIpc) is 3.22. The number of benzene rings is 2. The first-order valence-corrected chi connectivity index (χ1v) is 11.3. The highest BCUT2D eigenvalue weighted by Crippen LogP contribution is 2.22. The van der Waals surface area contributed by atoms with Gasteiger partial charge in [0.05, 0.1) is 22.3 Å². The highest BCUT2D eigenvalue weighted by Gasteiger charge is 2.33. The van der Waals surface area contributed by atoms with Crippen molar-refractivity contribution >= 4 is 23.6 Å². The summed E-state index contributed by atoms with van der Waals surface area (Å²) in [5.74, 6) is -0.780. The lowest BCUT2D eigenvalue weighted by Gasteiger charge is -2.08. The molecule has 0 aromatic heterocycles. The SMILES string of the molecule is CC.CC.CCC.CCN1C(=O)c2ccccc2C1=O.CN1C(=O)c2ccccc2C1=O. The molecule has 174 valence electrons. The summed E-state index contributed by atoms with van der Waals surface area (Å²) in [5.41, 5.74) is 2.05. The molecule has 0 spiro atoms. The van der Waals surface area contributed by atoms with E-state index in [0.29, 0.717) is 28.8 Å². The van der Waals surface area contributed by atoms with Gasteiger partial charge in [0.2, 0.25) is 0 Å². The lowest BCUT2D eigenvalue weighted by molar-refractivity contribution is 0.0656. The lowest BCUT2D eigenvalue weighted by atomic mass is 10.1. The van der Waals surface area contributed by atoms with Gasteiger partial charge in [-0.1, -0.05) is 72.2 Å². The van der Waals surface area contributed by atoms with Crippen molar-refractivity contribution in [2.75, 3.05) is 13.6 Å². The molecule has 0 saturated heterocycles. The van der Waals surface area contributed by atoms with Crippen LogP contribution in [0, 0.1) is 0 Å². The van der Waals surface area contributed by atoms with Crippen LogP contribution in [0.5, 0.6) is 0 Å². The van der Waals surface area contributed by atoms with E-state index in [1.54, 1.807) is 55.5 Å². The molecule has 0 radical (unpaired) electrons. The van der Waals surface area contributed by atoms with Crippen molar-refractivity contribution in [3.8, 4) is 0 Å². The Hall–Kier alpha value is -3.28. The molecule has 2 aromatic carbocycles. The van der Waals surface area contributed by atoms with Crippen LogP contribution in [0.15, 0.2) is 48.5 Å². The number of carbonyl (C=O) groups excluding carboxylic acids is 4. The molecule has 0 atom stereocenters. The molecular formula is C26H36N2O4. The second-order valence-electron chi connectivity index (χ2n) is 6.32. The molecule has 4 rings (SSSR count). The number of nitrogens with zero attached hydrogens (tertiary/aromatic N) is 2. The van der Waals surface area contributed by atoms with Gasteiger partial charge in [0.25, 0.3) is 23.6 Å². The molecule has 0 fully saturated rings. The minimum atomic E-state index is -0.212. The van der Waals surface area contributed by atoms with Crippen LogP contribution in [-0.2, 0) is 0 Å². The van der Waals surface area contributed by atoms with Crippen LogP contribution in [0.4, 0.5) is 0 Å². The highest BCUT2D eigenvalue weighted by atomic mass is 16.2. The van der Waals surface area contributed by atoms with Crippen molar-refractivity contribution in [3.05, 3.63) is 70.8 Å². The molecule has 2 aromatic rings. The lowest BCUT2D eigenvalue weighted by Crippen LogP contribution is -2.29. The third-order valence-corrected chi connectivity index (χ3v) is 4.19. The zero-order valence-corrected chi connectivity index (χ0v) is 20.6. The predicted octanol–water partition coefficient (Wildman–Crippen LogP) is 5.68. The monoisotopic (exact) mass is 440 g/mol. The van der Waals surface area contributed by atoms with Crippen LogP contribution in [0.1, 0.15) is 96.3 Å². The van der Waals surface area contributed by atoms with Gasteiger partial charge in [-0.25, -0.2) is 0 Å². The normalized spacial score (nSPS) is 12.8. The minimum Gasteiger partial charge on any atom is -0.277 e. The van der Waals surface area contributed by atoms with Gasteiger partial charge in [-0.05, 0) is 31.2 Å². The van der Waals surface area contributed by atoms with E-state index in [0.717, 1.165) is 4.90 Å². The van der Waals surface area contributed by atoms with Gasteiger partial charge >= 0.3 is 0 Å². The van der Waals surface area contributed by atoms with Gasteiger partial charge in [-0.2, -0.15) is 0 Å². The fraction of sp³-hybridized carbons (Fsp3) is 0.385. The molecule has 0 unspecified atom stereocenters. The third kappa shape index (κ3) is 6.36. The summed E-state index contributed by atoms with van der Waals surface area (Å²) in [4.78, 5) is 48.1. The molecule has 32 heavy (non-hydrogen) atoms. The summed E-state index contributed by atoms with van der Waals surface area (Å²) < 4.78 is 0. The number of hydrogen-bond donors (Lipinski definition) is 0. The molecule has 0 saturated carbocycles. The summed E-state index contributed by atoms with van der Waals surface area (Å²) in [6.45, 7) is 14.5. The third-order valence-electron chi connectivity index (χ3n) is 4.19. The Morgan fingerprint density at radius 3 is 1.06 bits per heavy atom. The van der Waals surface area contributed by atoms with Gasteiger partial charge in [0, 0.05) is 13.6 Å². The number of hydrogen-bond acceptors (Lipinski definition) is 4. The van der Waals surface area contributed by atoms with Crippen molar-refractivity contribution in [2.45, 2.75) is 54.9 Å². The molecule has 2 aliphatic heterocycles. The van der Waals surface area contributed by atoms with E-state index >= 15 is 0 Å². The van der Waals surface area contributed by atoms with Crippen LogP contribution in [-0.4, -0.2) is 47.0 Å². The largest absolute Gasteiger partial charge is 0.277 e. The van der Waals surface area contributed by atoms with Crippen molar-refractivity contribution in [3.63, 3.8) is 0 Å². The van der Waals surface area contributed by atoms with E-state index in [-0.39, 0.29) is 23.6 Å². The Balaban J connectivity index is 0.000000472. The maximum atomic E-state index is 11.5. The van der Waals surface area contributed by atoms with E-state index in [1.807, 2.05) is 27.7 Å². The number of carbonyl (C=O) groups is 4. The molecule has 0 aliphatic carbocycles. The van der Waals surface area contributed by atoms with E-state index in [2.05, 4.69) is 13.8 Å². The summed E-state index contributed by atoms with van der Waals surface area (Å²) in [7, 11) is 1.49. The van der Waals surface area contributed by atoms with Crippen molar-refractivity contribution in [1.29, 1.82) is 0 Å². The van der Waals surface area contributed by atoms with Crippen LogP contribution in [0.2, 0.25) is 0 Å². The van der Waals surface area contributed by atoms with E-state index in [1.165, 1.54) is 18.4 Å².